The molecule has 2 aromatic carbocycles. The minimum absolute atomic E-state index is 0.200. The van der Waals surface area contributed by atoms with Crippen LogP contribution in [-0.2, 0) is 0 Å². The van der Waals surface area contributed by atoms with Crippen molar-refractivity contribution in [2.75, 3.05) is 14.2 Å². The molecule has 0 saturated carbocycles. The SMILES string of the molecule is COc1ccc(-c2cccc(C(=O)O)c2F)cc1OC. The van der Waals surface area contributed by atoms with E-state index in [0.717, 1.165) is 0 Å². The van der Waals surface area contributed by atoms with Crippen molar-refractivity contribution in [3.8, 4) is 22.6 Å². The van der Waals surface area contributed by atoms with Crippen LogP contribution in [0.4, 0.5) is 4.39 Å². The molecule has 4 nitrogen and oxygen atoms in total. The molecular weight excluding hydrogens is 263 g/mol. The van der Waals surface area contributed by atoms with Gasteiger partial charge < -0.3 is 14.6 Å². The monoisotopic (exact) mass is 276 g/mol. The molecule has 20 heavy (non-hydrogen) atoms. The Bertz CT molecular complexity index is 652. The second-order valence-electron chi connectivity index (χ2n) is 4.04. The highest BCUT2D eigenvalue weighted by molar-refractivity contribution is 5.90. The Kier molecular flexibility index (Phi) is 3.89. The van der Waals surface area contributed by atoms with Gasteiger partial charge in [-0.1, -0.05) is 18.2 Å². The van der Waals surface area contributed by atoms with Crippen LogP contribution in [0.15, 0.2) is 36.4 Å². The fourth-order valence-corrected chi connectivity index (χ4v) is 1.92. The second kappa shape index (κ2) is 5.61. The number of methoxy groups -OCH3 is 2. The summed E-state index contributed by atoms with van der Waals surface area (Å²) in [5, 5.41) is 8.94. The van der Waals surface area contributed by atoms with E-state index in [9.17, 15) is 9.18 Å². The van der Waals surface area contributed by atoms with E-state index in [1.54, 1.807) is 18.2 Å². The maximum Gasteiger partial charge on any atom is 0.338 e. The largest absolute Gasteiger partial charge is 0.493 e. The topological polar surface area (TPSA) is 55.8 Å². The van der Waals surface area contributed by atoms with E-state index in [2.05, 4.69) is 0 Å². The lowest BCUT2D eigenvalue weighted by molar-refractivity contribution is 0.0692. The predicted molar refractivity (Wildman–Crippen MR) is 71.9 cm³/mol. The van der Waals surface area contributed by atoms with E-state index < -0.39 is 11.8 Å². The number of carboxylic acid groups (broad SMARTS) is 1. The first kappa shape index (κ1) is 13.9. The maximum atomic E-state index is 14.2. The lowest BCUT2D eigenvalue weighted by Gasteiger charge is -2.11. The van der Waals surface area contributed by atoms with Gasteiger partial charge in [0.1, 0.15) is 5.82 Å². The van der Waals surface area contributed by atoms with E-state index in [0.29, 0.717) is 17.1 Å². The number of carboxylic acids is 1. The number of benzene rings is 2. The lowest BCUT2D eigenvalue weighted by atomic mass is 10.0. The fraction of sp³-hybridized carbons (Fsp3) is 0.133. The van der Waals surface area contributed by atoms with Gasteiger partial charge in [0, 0.05) is 5.56 Å². The molecule has 2 aromatic rings. The van der Waals surface area contributed by atoms with Gasteiger partial charge >= 0.3 is 5.97 Å². The third kappa shape index (κ3) is 2.42. The zero-order valence-corrected chi connectivity index (χ0v) is 11.0. The second-order valence-corrected chi connectivity index (χ2v) is 4.04. The van der Waals surface area contributed by atoms with Crippen LogP contribution < -0.4 is 9.47 Å². The summed E-state index contributed by atoms with van der Waals surface area (Å²) in [5.74, 6) is -1.10. The van der Waals surface area contributed by atoms with E-state index in [4.69, 9.17) is 14.6 Å². The molecule has 2 rings (SSSR count). The minimum atomic E-state index is -1.30. The van der Waals surface area contributed by atoms with Crippen molar-refractivity contribution in [3.63, 3.8) is 0 Å². The summed E-state index contributed by atoms with van der Waals surface area (Å²) in [4.78, 5) is 10.9. The molecule has 0 radical (unpaired) electrons. The van der Waals surface area contributed by atoms with Crippen molar-refractivity contribution in [1.82, 2.24) is 0 Å². The number of halogens is 1. The molecular formula is C15H13FO4. The number of hydrogen-bond donors (Lipinski definition) is 1. The molecule has 0 aliphatic carbocycles. The first-order valence-corrected chi connectivity index (χ1v) is 5.82. The number of rotatable bonds is 4. The molecule has 0 aliphatic rings. The van der Waals surface area contributed by atoms with E-state index >= 15 is 0 Å². The van der Waals surface area contributed by atoms with Crippen molar-refractivity contribution in [3.05, 3.63) is 47.8 Å². The van der Waals surface area contributed by atoms with Gasteiger partial charge in [-0.2, -0.15) is 0 Å². The van der Waals surface area contributed by atoms with Gasteiger partial charge in [0.15, 0.2) is 11.5 Å². The fourth-order valence-electron chi connectivity index (χ4n) is 1.92. The summed E-state index contributed by atoms with van der Waals surface area (Å²) in [6.45, 7) is 0. The zero-order valence-electron chi connectivity index (χ0n) is 11.0. The van der Waals surface area contributed by atoms with Crippen LogP contribution in [0.5, 0.6) is 11.5 Å². The normalized spacial score (nSPS) is 10.2. The van der Waals surface area contributed by atoms with Crippen LogP contribution in [0.25, 0.3) is 11.1 Å². The van der Waals surface area contributed by atoms with E-state index in [-0.39, 0.29) is 11.1 Å². The number of carbonyl (C=O) groups is 1. The van der Waals surface area contributed by atoms with Crippen LogP contribution >= 0.6 is 0 Å². The summed E-state index contributed by atoms with van der Waals surface area (Å²) >= 11 is 0. The van der Waals surface area contributed by atoms with Crippen molar-refractivity contribution in [2.24, 2.45) is 0 Å². The van der Waals surface area contributed by atoms with Crippen LogP contribution in [0.2, 0.25) is 0 Å². The van der Waals surface area contributed by atoms with Crippen LogP contribution in [0.1, 0.15) is 10.4 Å². The minimum Gasteiger partial charge on any atom is -0.493 e. The van der Waals surface area contributed by atoms with Gasteiger partial charge in [0.05, 0.1) is 19.8 Å². The summed E-state index contributed by atoms with van der Waals surface area (Å²) in [5.41, 5.74) is 0.353. The zero-order chi connectivity index (χ0) is 14.7. The standard InChI is InChI=1S/C15H13FO4/c1-19-12-7-6-9(8-13(12)20-2)10-4-3-5-11(14(10)16)15(17)18/h3-8H,1-2H3,(H,17,18). The molecule has 0 fully saturated rings. The van der Waals surface area contributed by atoms with Gasteiger partial charge in [0.2, 0.25) is 0 Å². The third-order valence-electron chi connectivity index (χ3n) is 2.92. The molecule has 0 heterocycles. The molecule has 104 valence electrons. The average Bonchev–Trinajstić information content (AvgIpc) is 2.46. The Morgan fingerprint density at radius 2 is 1.80 bits per heavy atom. The number of ether oxygens (including phenoxy) is 2. The van der Waals surface area contributed by atoms with Gasteiger partial charge in [-0.25, -0.2) is 9.18 Å². The molecule has 0 spiro atoms. The summed E-state index contributed by atoms with van der Waals surface area (Å²) in [6, 6.07) is 9.12. The highest BCUT2D eigenvalue weighted by Gasteiger charge is 2.16. The quantitative estimate of drug-likeness (QED) is 0.931. The molecule has 0 unspecified atom stereocenters. The third-order valence-corrected chi connectivity index (χ3v) is 2.92. The Hall–Kier alpha value is -2.56. The van der Waals surface area contributed by atoms with Gasteiger partial charge in [-0.3, -0.25) is 0 Å². The maximum absolute atomic E-state index is 14.2. The molecule has 0 atom stereocenters. The van der Waals surface area contributed by atoms with Gasteiger partial charge in [0.25, 0.3) is 0 Å². The molecule has 5 heteroatoms. The molecule has 0 bridgehead atoms. The Morgan fingerprint density at radius 3 is 2.40 bits per heavy atom. The summed E-state index contributed by atoms with van der Waals surface area (Å²) in [6.07, 6.45) is 0. The van der Waals surface area contributed by atoms with E-state index in [1.807, 2.05) is 0 Å². The molecule has 0 aromatic heterocycles. The number of hydrogen-bond acceptors (Lipinski definition) is 3. The van der Waals surface area contributed by atoms with Gasteiger partial charge in [-0.05, 0) is 23.8 Å². The highest BCUT2D eigenvalue weighted by atomic mass is 19.1. The van der Waals surface area contributed by atoms with Crippen molar-refractivity contribution < 1.29 is 23.8 Å². The molecule has 0 amide bonds. The van der Waals surface area contributed by atoms with Crippen molar-refractivity contribution >= 4 is 5.97 Å². The molecule has 0 saturated heterocycles. The van der Waals surface area contributed by atoms with Crippen LogP contribution in [0, 0.1) is 5.82 Å². The molecule has 1 N–H and O–H groups in total. The van der Waals surface area contributed by atoms with Gasteiger partial charge in [-0.15, -0.1) is 0 Å². The summed E-state index contributed by atoms with van der Waals surface area (Å²) in [7, 11) is 2.98. The lowest BCUT2D eigenvalue weighted by Crippen LogP contribution is -2.01. The van der Waals surface area contributed by atoms with E-state index in [1.165, 1.54) is 32.4 Å². The van der Waals surface area contributed by atoms with Crippen LogP contribution in [0.3, 0.4) is 0 Å². The Morgan fingerprint density at radius 1 is 1.10 bits per heavy atom. The predicted octanol–water partition coefficient (Wildman–Crippen LogP) is 3.21. The Labute approximate surface area is 115 Å². The number of aromatic carboxylic acids is 1. The van der Waals surface area contributed by atoms with Crippen molar-refractivity contribution in [1.29, 1.82) is 0 Å². The molecule has 0 aliphatic heterocycles. The first-order chi connectivity index (χ1) is 9.58. The van der Waals surface area contributed by atoms with Crippen molar-refractivity contribution in [2.45, 2.75) is 0 Å². The van der Waals surface area contributed by atoms with Crippen LogP contribution in [-0.4, -0.2) is 25.3 Å². The first-order valence-electron chi connectivity index (χ1n) is 5.82. The Balaban J connectivity index is 2.57. The summed E-state index contributed by atoms with van der Waals surface area (Å²) < 4.78 is 24.4. The highest BCUT2D eigenvalue weighted by Crippen LogP contribution is 2.33. The smallest absolute Gasteiger partial charge is 0.338 e. The average molecular weight is 276 g/mol.